The number of benzene rings is 1. The van der Waals surface area contributed by atoms with Gasteiger partial charge in [-0.15, -0.1) is 0 Å². The first-order valence-corrected chi connectivity index (χ1v) is 8.93. The lowest BCUT2D eigenvalue weighted by molar-refractivity contribution is 0.0945. The van der Waals surface area contributed by atoms with Gasteiger partial charge in [0, 0.05) is 18.3 Å². The van der Waals surface area contributed by atoms with Gasteiger partial charge in [-0.1, -0.05) is 18.2 Å². The normalized spacial score (nSPS) is 13.5. The Morgan fingerprint density at radius 1 is 1.26 bits per heavy atom. The van der Waals surface area contributed by atoms with Gasteiger partial charge < -0.3 is 10.1 Å². The van der Waals surface area contributed by atoms with E-state index in [-0.39, 0.29) is 12.2 Å². The first-order chi connectivity index (χ1) is 13.2. The molecule has 4 rings (SSSR count). The van der Waals surface area contributed by atoms with Crippen LogP contribution in [0.5, 0.6) is 5.75 Å². The van der Waals surface area contributed by atoms with Crippen LogP contribution < -0.4 is 15.6 Å². The van der Waals surface area contributed by atoms with Gasteiger partial charge in [-0.2, -0.15) is 0 Å². The van der Waals surface area contributed by atoms with Crippen LogP contribution in [0, 0.1) is 5.92 Å². The first-order valence-electron chi connectivity index (χ1n) is 8.93. The van der Waals surface area contributed by atoms with E-state index < -0.39 is 11.5 Å². The van der Waals surface area contributed by atoms with Crippen molar-refractivity contribution in [3.8, 4) is 5.75 Å². The molecular weight excluding hydrogens is 344 g/mol. The van der Waals surface area contributed by atoms with Crippen molar-refractivity contribution in [2.45, 2.75) is 19.4 Å². The molecule has 1 amide bonds. The lowest BCUT2D eigenvalue weighted by Crippen LogP contribution is -2.36. The minimum Gasteiger partial charge on any atom is -0.496 e. The number of nitrogens with zero attached hydrogens (tertiary/aromatic N) is 3. The molecule has 2 heterocycles. The van der Waals surface area contributed by atoms with Crippen LogP contribution in [0.3, 0.4) is 0 Å². The highest BCUT2D eigenvalue weighted by molar-refractivity contribution is 5.93. The highest BCUT2D eigenvalue weighted by Crippen LogP contribution is 2.27. The van der Waals surface area contributed by atoms with E-state index in [1.165, 1.54) is 4.57 Å². The number of rotatable bonds is 6. The summed E-state index contributed by atoms with van der Waals surface area (Å²) in [5.74, 6) is 0.753. The number of fused-ring (bicyclic) bond motifs is 1. The van der Waals surface area contributed by atoms with Crippen LogP contribution in [-0.4, -0.2) is 34.1 Å². The highest BCUT2D eigenvalue weighted by Gasteiger charge is 2.24. The van der Waals surface area contributed by atoms with Crippen LogP contribution >= 0.6 is 0 Å². The summed E-state index contributed by atoms with van der Waals surface area (Å²) >= 11 is 0. The molecule has 1 N–H and O–H groups in total. The zero-order valence-electron chi connectivity index (χ0n) is 15.0. The molecule has 0 bridgehead atoms. The third kappa shape index (κ3) is 3.53. The SMILES string of the molecule is COc1ccccc1Cn1c(=O)c(C(=O)NCC2CC2)nc2cccnc21. The van der Waals surface area contributed by atoms with E-state index in [4.69, 9.17) is 4.74 Å². The van der Waals surface area contributed by atoms with Gasteiger partial charge in [0.2, 0.25) is 0 Å². The number of amides is 1. The molecule has 0 aliphatic heterocycles. The van der Waals surface area contributed by atoms with Crippen molar-refractivity contribution in [2.24, 2.45) is 5.92 Å². The topological polar surface area (TPSA) is 86.1 Å². The molecule has 0 spiro atoms. The number of hydrogen-bond donors (Lipinski definition) is 1. The van der Waals surface area contributed by atoms with Gasteiger partial charge in [-0.3, -0.25) is 14.2 Å². The molecule has 7 heteroatoms. The summed E-state index contributed by atoms with van der Waals surface area (Å²) in [6.45, 7) is 0.819. The van der Waals surface area contributed by atoms with E-state index in [0.717, 1.165) is 18.4 Å². The Labute approximate surface area is 156 Å². The number of carbonyl (C=O) groups is 1. The third-order valence-corrected chi connectivity index (χ3v) is 4.69. The van der Waals surface area contributed by atoms with Crippen molar-refractivity contribution in [2.75, 3.05) is 13.7 Å². The minimum atomic E-state index is -0.458. The summed E-state index contributed by atoms with van der Waals surface area (Å²) in [5, 5.41) is 2.82. The van der Waals surface area contributed by atoms with Crippen molar-refractivity contribution < 1.29 is 9.53 Å². The van der Waals surface area contributed by atoms with Gasteiger partial charge in [0.1, 0.15) is 11.3 Å². The molecule has 0 saturated heterocycles. The Bertz CT molecular complexity index is 1060. The van der Waals surface area contributed by atoms with Gasteiger partial charge in [0.25, 0.3) is 11.5 Å². The van der Waals surface area contributed by atoms with E-state index in [0.29, 0.717) is 29.4 Å². The maximum Gasteiger partial charge on any atom is 0.284 e. The molecule has 7 nitrogen and oxygen atoms in total. The van der Waals surface area contributed by atoms with Gasteiger partial charge in [0.15, 0.2) is 11.3 Å². The van der Waals surface area contributed by atoms with Crippen LogP contribution in [0.15, 0.2) is 47.4 Å². The molecule has 3 aromatic rings. The van der Waals surface area contributed by atoms with Crippen LogP contribution in [0.1, 0.15) is 28.9 Å². The summed E-state index contributed by atoms with van der Waals surface area (Å²) in [6.07, 6.45) is 3.84. The second-order valence-corrected chi connectivity index (χ2v) is 6.66. The predicted octanol–water partition coefficient (Wildman–Crippen LogP) is 1.99. The quantitative estimate of drug-likeness (QED) is 0.723. The number of carbonyl (C=O) groups excluding carboxylic acids is 1. The largest absolute Gasteiger partial charge is 0.496 e. The van der Waals surface area contributed by atoms with Gasteiger partial charge in [0.05, 0.1) is 13.7 Å². The molecule has 0 unspecified atom stereocenters. The zero-order chi connectivity index (χ0) is 18.8. The number of para-hydroxylation sites is 1. The van der Waals surface area contributed by atoms with Crippen LogP contribution in [0.25, 0.3) is 11.2 Å². The lowest BCUT2D eigenvalue weighted by atomic mass is 10.2. The van der Waals surface area contributed by atoms with Crippen LogP contribution in [0.4, 0.5) is 0 Å². The Hall–Kier alpha value is -3.22. The summed E-state index contributed by atoms with van der Waals surface area (Å²) in [5.41, 5.74) is 1.20. The number of hydrogen-bond acceptors (Lipinski definition) is 5. The first kappa shape index (κ1) is 17.2. The molecule has 1 saturated carbocycles. The van der Waals surface area contributed by atoms with Gasteiger partial charge in [-0.05, 0) is 37.0 Å². The summed E-state index contributed by atoms with van der Waals surface area (Å²) in [6, 6.07) is 10.9. The van der Waals surface area contributed by atoms with Gasteiger partial charge in [-0.25, -0.2) is 9.97 Å². The molecule has 138 valence electrons. The van der Waals surface area contributed by atoms with E-state index in [1.54, 1.807) is 25.4 Å². The van der Waals surface area contributed by atoms with Crippen LogP contribution in [0.2, 0.25) is 0 Å². The molecule has 1 aliphatic rings. The average molecular weight is 364 g/mol. The minimum absolute atomic E-state index is 0.106. The summed E-state index contributed by atoms with van der Waals surface area (Å²) in [4.78, 5) is 34.2. The Morgan fingerprint density at radius 3 is 2.85 bits per heavy atom. The average Bonchev–Trinajstić information content (AvgIpc) is 3.53. The maximum atomic E-state index is 13.0. The standard InChI is InChI=1S/C20H20N4O3/c1-27-16-7-3-2-5-14(16)12-24-18-15(6-4-10-21-18)23-17(20(24)26)19(25)22-11-13-8-9-13/h2-7,10,13H,8-9,11-12H2,1H3,(H,22,25). The van der Waals surface area contributed by atoms with E-state index in [9.17, 15) is 9.59 Å². The second-order valence-electron chi connectivity index (χ2n) is 6.66. The Morgan fingerprint density at radius 2 is 2.07 bits per heavy atom. The third-order valence-electron chi connectivity index (χ3n) is 4.69. The molecule has 1 fully saturated rings. The van der Waals surface area contributed by atoms with Gasteiger partial charge >= 0.3 is 0 Å². The molecule has 0 radical (unpaired) electrons. The smallest absolute Gasteiger partial charge is 0.284 e. The molecule has 0 atom stereocenters. The van der Waals surface area contributed by atoms with E-state index >= 15 is 0 Å². The van der Waals surface area contributed by atoms with Crippen molar-refractivity contribution in [1.82, 2.24) is 19.9 Å². The van der Waals surface area contributed by atoms with E-state index in [1.807, 2.05) is 24.3 Å². The number of nitrogens with one attached hydrogen (secondary N) is 1. The summed E-state index contributed by atoms with van der Waals surface area (Å²) < 4.78 is 6.87. The predicted molar refractivity (Wildman–Crippen MR) is 101 cm³/mol. The number of aromatic nitrogens is 3. The number of methoxy groups -OCH3 is 1. The fraction of sp³-hybridized carbons (Fsp3) is 0.300. The zero-order valence-corrected chi connectivity index (χ0v) is 15.0. The maximum absolute atomic E-state index is 13.0. The lowest BCUT2D eigenvalue weighted by Gasteiger charge is -2.13. The molecule has 1 aliphatic carbocycles. The number of pyridine rings is 1. The number of ether oxygens (including phenoxy) is 1. The fourth-order valence-electron chi connectivity index (χ4n) is 3.02. The molecule has 27 heavy (non-hydrogen) atoms. The molecule has 2 aromatic heterocycles. The van der Waals surface area contributed by atoms with E-state index in [2.05, 4.69) is 15.3 Å². The highest BCUT2D eigenvalue weighted by atomic mass is 16.5. The molecule has 1 aromatic carbocycles. The van der Waals surface area contributed by atoms with Crippen molar-refractivity contribution in [3.63, 3.8) is 0 Å². The monoisotopic (exact) mass is 364 g/mol. The van der Waals surface area contributed by atoms with Crippen molar-refractivity contribution >= 4 is 17.1 Å². The van der Waals surface area contributed by atoms with Crippen molar-refractivity contribution in [1.29, 1.82) is 0 Å². The summed E-state index contributed by atoms with van der Waals surface area (Å²) in [7, 11) is 1.58. The second kappa shape index (κ2) is 7.19. The van der Waals surface area contributed by atoms with Crippen LogP contribution in [-0.2, 0) is 6.54 Å². The van der Waals surface area contributed by atoms with Crippen molar-refractivity contribution in [3.05, 3.63) is 64.2 Å². The molecular formula is C20H20N4O3. The Kier molecular flexibility index (Phi) is 4.58. The Balaban J connectivity index is 1.78. The fourth-order valence-corrected chi connectivity index (χ4v) is 3.02.